The van der Waals surface area contributed by atoms with Crippen LogP contribution >= 0.6 is 0 Å². The highest BCUT2D eigenvalue weighted by atomic mass is 16.5. The molecule has 0 fully saturated rings. The minimum absolute atomic E-state index is 0.148. The van der Waals surface area contributed by atoms with E-state index in [-0.39, 0.29) is 12.4 Å². The summed E-state index contributed by atoms with van der Waals surface area (Å²) in [4.78, 5) is 12.6. The van der Waals surface area contributed by atoms with Crippen molar-refractivity contribution in [3.05, 3.63) is 65.9 Å². The Bertz CT molecular complexity index is 1010. The largest absolute Gasteiger partial charge is 0.484 e. The number of nitriles is 2. The van der Waals surface area contributed by atoms with Crippen molar-refractivity contribution in [1.82, 2.24) is 4.57 Å². The number of benzene rings is 2. The van der Waals surface area contributed by atoms with Gasteiger partial charge < -0.3 is 9.30 Å². The van der Waals surface area contributed by atoms with Gasteiger partial charge >= 0.3 is 0 Å². The Hall–Kier alpha value is -3.57. The molecule has 25 heavy (non-hydrogen) atoms. The van der Waals surface area contributed by atoms with E-state index in [1.165, 1.54) is 0 Å². The molecular weight excluding hydrogens is 314 g/mol. The third-order valence-corrected chi connectivity index (χ3v) is 3.92. The molecule has 0 saturated carbocycles. The van der Waals surface area contributed by atoms with Crippen LogP contribution < -0.4 is 4.74 Å². The molecule has 5 nitrogen and oxygen atoms in total. The molecule has 0 spiro atoms. The number of ether oxygens (including phenoxy) is 1. The predicted octanol–water partition coefficient (Wildman–Crippen LogP) is 3.69. The summed E-state index contributed by atoms with van der Waals surface area (Å²) >= 11 is 0. The predicted molar refractivity (Wildman–Crippen MR) is 93.2 cm³/mol. The third-order valence-electron chi connectivity index (χ3n) is 3.92. The average molecular weight is 329 g/mol. The Morgan fingerprint density at radius 1 is 1.08 bits per heavy atom. The number of hydrogen-bond donors (Lipinski definition) is 0. The number of rotatable bonds is 6. The fourth-order valence-corrected chi connectivity index (χ4v) is 2.73. The standard InChI is InChI=1S/C20H15N3O2/c21-10-5-11-23-13-17(16-7-2-3-8-18(16)23)19(24)14-25-20-9-4-1-6-15(20)12-22/h1-4,6-9,13H,5,11,14H2. The smallest absolute Gasteiger partial charge is 0.202 e. The summed E-state index contributed by atoms with van der Waals surface area (Å²) < 4.78 is 7.46. The van der Waals surface area contributed by atoms with Crippen molar-refractivity contribution in [2.45, 2.75) is 13.0 Å². The highest BCUT2D eigenvalue weighted by Crippen LogP contribution is 2.23. The number of ketones is 1. The summed E-state index contributed by atoms with van der Waals surface area (Å²) in [5.74, 6) is 0.228. The zero-order valence-corrected chi connectivity index (χ0v) is 13.5. The summed E-state index contributed by atoms with van der Waals surface area (Å²) in [6.45, 7) is 0.382. The zero-order chi connectivity index (χ0) is 17.6. The molecule has 0 radical (unpaired) electrons. The van der Waals surface area contributed by atoms with Gasteiger partial charge in [0, 0.05) is 29.2 Å². The Kier molecular flexibility index (Phi) is 4.78. The van der Waals surface area contributed by atoms with Crippen LogP contribution in [0.3, 0.4) is 0 Å². The summed E-state index contributed by atoms with van der Waals surface area (Å²) in [7, 11) is 0. The molecule has 3 aromatic rings. The zero-order valence-electron chi connectivity index (χ0n) is 13.5. The van der Waals surface area contributed by atoms with Crippen LogP contribution in [-0.2, 0) is 6.54 Å². The third kappa shape index (κ3) is 3.36. The fraction of sp³-hybridized carbons (Fsp3) is 0.150. The lowest BCUT2D eigenvalue weighted by Crippen LogP contribution is -2.12. The molecule has 122 valence electrons. The van der Waals surface area contributed by atoms with Crippen LogP contribution in [0.25, 0.3) is 10.9 Å². The first-order valence-corrected chi connectivity index (χ1v) is 7.84. The fourth-order valence-electron chi connectivity index (χ4n) is 2.73. The van der Waals surface area contributed by atoms with Gasteiger partial charge in [0.2, 0.25) is 5.78 Å². The first-order valence-electron chi connectivity index (χ1n) is 7.84. The Balaban J connectivity index is 1.85. The molecule has 1 aromatic heterocycles. The van der Waals surface area contributed by atoms with Crippen LogP contribution in [0.4, 0.5) is 0 Å². The normalized spacial score (nSPS) is 10.2. The van der Waals surface area contributed by atoms with Gasteiger partial charge in [0.05, 0.1) is 18.1 Å². The second-order valence-corrected chi connectivity index (χ2v) is 5.48. The number of fused-ring (bicyclic) bond motifs is 1. The highest BCUT2D eigenvalue weighted by molar-refractivity contribution is 6.08. The molecule has 0 aliphatic carbocycles. The number of nitrogens with zero attached hydrogens (tertiary/aromatic N) is 3. The minimum Gasteiger partial charge on any atom is -0.484 e. The maximum Gasteiger partial charge on any atom is 0.202 e. The van der Waals surface area contributed by atoms with Crippen molar-refractivity contribution in [2.75, 3.05) is 6.61 Å². The van der Waals surface area contributed by atoms with E-state index in [0.29, 0.717) is 29.8 Å². The van der Waals surface area contributed by atoms with Crippen LogP contribution in [0, 0.1) is 22.7 Å². The number of carbonyl (C=O) groups is 1. The van der Waals surface area contributed by atoms with Crippen LogP contribution in [-0.4, -0.2) is 17.0 Å². The Labute approximate surface area is 145 Å². The lowest BCUT2D eigenvalue weighted by atomic mass is 10.1. The van der Waals surface area contributed by atoms with Crippen LogP contribution in [0.2, 0.25) is 0 Å². The van der Waals surface area contributed by atoms with E-state index in [1.807, 2.05) is 34.9 Å². The molecule has 1 heterocycles. The van der Waals surface area contributed by atoms with E-state index >= 15 is 0 Å². The van der Waals surface area contributed by atoms with Crippen molar-refractivity contribution >= 4 is 16.7 Å². The van der Waals surface area contributed by atoms with Crippen molar-refractivity contribution in [1.29, 1.82) is 10.5 Å². The number of aryl methyl sites for hydroxylation is 1. The average Bonchev–Trinajstić information content (AvgIpc) is 3.03. The van der Waals surface area contributed by atoms with E-state index < -0.39 is 0 Å². The Morgan fingerprint density at radius 2 is 1.84 bits per heavy atom. The van der Waals surface area contributed by atoms with Gasteiger partial charge in [-0.25, -0.2) is 0 Å². The summed E-state index contributed by atoms with van der Waals surface area (Å²) in [6, 6.07) is 18.6. The van der Waals surface area contributed by atoms with Crippen molar-refractivity contribution < 1.29 is 9.53 Å². The van der Waals surface area contributed by atoms with Crippen LogP contribution in [0.15, 0.2) is 54.7 Å². The molecule has 0 N–H and O–H groups in total. The van der Waals surface area contributed by atoms with Gasteiger partial charge in [-0.3, -0.25) is 4.79 Å². The van der Waals surface area contributed by atoms with E-state index in [0.717, 1.165) is 10.9 Å². The molecule has 0 bridgehead atoms. The van der Waals surface area contributed by atoms with E-state index in [1.54, 1.807) is 30.5 Å². The number of hydrogen-bond acceptors (Lipinski definition) is 4. The van der Waals surface area contributed by atoms with Crippen LogP contribution in [0.5, 0.6) is 5.75 Å². The van der Waals surface area contributed by atoms with Gasteiger partial charge in [0.1, 0.15) is 11.8 Å². The monoisotopic (exact) mass is 329 g/mol. The second-order valence-electron chi connectivity index (χ2n) is 5.48. The lowest BCUT2D eigenvalue weighted by molar-refractivity contribution is 0.0923. The van der Waals surface area contributed by atoms with E-state index in [4.69, 9.17) is 15.3 Å². The summed E-state index contributed by atoms with van der Waals surface area (Å²) in [5, 5.41) is 18.7. The molecule has 0 aliphatic heterocycles. The number of para-hydroxylation sites is 2. The van der Waals surface area contributed by atoms with Gasteiger partial charge in [0.15, 0.2) is 6.61 Å². The van der Waals surface area contributed by atoms with Gasteiger partial charge in [-0.15, -0.1) is 0 Å². The van der Waals surface area contributed by atoms with Gasteiger partial charge in [0.25, 0.3) is 0 Å². The van der Waals surface area contributed by atoms with Gasteiger partial charge in [-0.05, 0) is 18.2 Å². The molecular formula is C20H15N3O2. The lowest BCUT2D eigenvalue weighted by Gasteiger charge is -2.06. The molecule has 0 atom stereocenters. The maximum atomic E-state index is 12.6. The van der Waals surface area contributed by atoms with Gasteiger partial charge in [-0.1, -0.05) is 30.3 Å². The van der Waals surface area contributed by atoms with Crippen molar-refractivity contribution in [3.63, 3.8) is 0 Å². The molecule has 0 amide bonds. The molecule has 5 heteroatoms. The molecule has 3 rings (SSSR count). The molecule has 2 aromatic carbocycles. The van der Waals surface area contributed by atoms with E-state index in [2.05, 4.69) is 6.07 Å². The second kappa shape index (κ2) is 7.33. The molecule has 0 aliphatic rings. The Morgan fingerprint density at radius 3 is 2.64 bits per heavy atom. The van der Waals surface area contributed by atoms with Crippen molar-refractivity contribution in [2.24, 2.45) is 0 Å². The maximum absolute atomic E-state index is 12.6. The number of carbonyl (C=O) groups excluding carboxylic acids is 1. The van der Waals surface area contributed by atoms with E-state index in [9.17, 15) is 4.79 Å². The number of Topliss-reactive ketones (excluding diaryl/α,β-unsaturated/α-hetero) is 1. The minimum atomic E-state index is -0.167. The SMILES string of the molecule is N#CCCn1cc(C(=O)COc2ccccc2C#N)c2ccccc21. The molecule has 0 unspecified atom stereocenters. The quantitative estimate of drug-likeness (QED) is 0.646. The summed E-state index contributed by atoms with van der Waals surface area (Å²) in [5.41, 5.74) is 1.87. The van der Waals surface area contributed by atoms with Gasteiger partial charge in [-0.2, -0.15) is 10.5 Å². The van der Waals surface area contributed by atoms with Crippen LogP contribution in [0.1, 0.15) is 22.3 Å². The summed E-state index contributed by atoms with van der Waals surface area (Å²) in [6.07, 6.45) is 2.14. The molecule has 0 saturated heterocycles. The first-order chi connectivity index (χ1) is 12.2. The highest BCUT2D eigenvalue weighted by Gasteiger charge is 2.16. The number of aromatic nitrogens is 1. The van der Waals surface area contributed by atoms with Crippen molar-refractivity contribution in [3.8, 4) is 17.9 Å². The topological polar surface area (TPSA) is 78.8 Å². The first kappa shape index (κ1) is 16.3.